The van der Waals surface area contributed by atoms with Crippen molar-refractivity contribution < 1.29 is 0 Å². The summed E-state index contributed by atoms with van der Waals surface area (Å²) in [6.07, 6.45) is 5.45. The van der Waals surface area contributed by atoms with Gasteiger partial charge in [0, 0.05) is 17.4 Å². The van der Waals surface area contributed by atoms with Crippen molar-refractivity contribution >= 4 is 84.7 Å². The van der Waals surface area contributed by atoms with E-state index in [1.54, 1.807) is 0 Å². The normalized spacial score (nSPS) is 13.4. The molecule has 0 atom stereocenters. The van der Waals surface area contributed by atoms with Crippen LogP contribution in [0, 0.1) is 0 Å². The van der Waals surface area contributed by atoms with Crippen molar-refractivity contribution in [2.24, 2.45) is 0 Å². The van der Waals surface area contributed by atoms with E-state index in [1.165, 1.54) is 49.2 Å². The van der Waals surface area contributed by atoms with Gasteiger partial charge in [-0.15, -0.1) is 0 Å². The van der Waals surface area contributed by atoms with Gasteiger partial charge in [-0.3, -0.25) is 0 Å². The molecule has 9 rings (SSSR count). The number of anilines is 6. The Morgan fingerprint density at radius 2 is 1.04 bits per heavy atom. The molecule has 0 amide bonds. The molecule has 0 unspecified atom stereocenters. The molecule has 4 heteroatoms. The summed E-state index contributed by atoms with van der Waals surface area (Å²) in [6.45, 7) is 0. The maximum Gasteiger partial charge on any atom is 0.0745 e. The van der Waals surface area contributed by atoms with Crippen LogP contribution in [0.3, 0.4) is 0 Å². The second kappa shape index (κ2) is 11.2. The summed E-state index contributed by atoms with van der Waals surface area (Å²) in [4.78, 5) is 4.91. The largest absolute Gasteiger partial charge is 0.306 e. The summed E-state index contributed by atoms with van der Waals surface area (Å²) >= 11 is 6.69. The zero-order chi connectivity index (χ0) is 31.4. The fourth-order valence-electron chi connectivity index (χ4n) is 7.36. The van der Waals surface area contributed by atoms with Crippen molar-refractivity contribution in [2.75, 3.05) is 9.80 Å². The minimum atomic E-state index is -2.27. The Morgan fingerprint density at radius 1 is 0.489 bits per heavy atom. The molecular formula is C43H31N2PS. The van der Waals surface area contributed by atoms with Crippen LogP contribution in [0.4, 0.5) is 34.1 Å². The van der Waals surface area contributed by atoms with E-state index in [2.05, 4.69) is 186 Å². The van der Waals surface area contributed by atoms with Crippen LogP contribution in [0.1, 0.15) is 11.1 Å². The maximum atomic E-state index is 6.69. The van der Waals surface area contributed by atoms with Crippen LogP contribution in [0.25, 0.3) is 16.8 Å². The monoisotopic (exact) mass is 638 g/mol. The number of allylic oxidation sites excluding steroid dienone is 1. The second-order valence-electron chi connectivity index (χ2n) is 12.1. The molecule has 1 heterocycles. The van der Waals surface area contributed by atoms with Gasteiger partial charge >= 0.3 is 0 Å². The molecule has 0 bridgehead atoms. The molecular weight excluding hydrogens is 608 g/mol. The predicted octanol–water partition coefficient (Wildman–Crippen LogP) is 10.4. The molecule has 0 aromatic heterocycles. The van der Waals surface area contributed by atoms with Gasteiger partial charge in [0.15, 0.2) is 0 Å². The van der Waals surface area contributed by atoms with Gasteiger partial charge in [-0.1, -0.05) is 145 Å². The number of hydrogen-bond donors (Lipinski definition) is 0. The fraction of sp³-hybridized carbons (Fsp3) is 0.0233. The number of benzene rings is 7. The van der Waals surface area contributed by atoms with Crippen LogP contribution < -0.4 is 25.7 Å². The quantitative estimate of drug-likeness (QED) is 0.173. The summed E-state index contributed by atoms with van der Waals surface area (Å²) < 4.78 is 0. The Labute approximate surface area is 280 Å². The van der Waals surface area contributed by atoms with Crippen molar-refractivity contribution in [3.8, 4) is 0 Å². The number of nitrogens with zero attached hydrogens (tertiary/aromatic N) is 2. The molecule has 0 N–H and O–H groups in total. The van der Waals surface area contributed by atoms with Crippen LogP contribution in [-0.4, -0.2) is 0 Å². The lowest BCUT2D eigenvalue weighted by Crippen LogP contribution is -2.27. The molecule has 1 aliphatic heterocycles. The van der Waals surface area contributed by atoms with Gasteiger partial charge in [-0.2, -0.15) is 0 Å². The minimum Gasteiger partial charge on any atom is -0.306 e. The molecule has 2 nitrogen and oxygen atoms in total. The van der Waals surface area contributed by atoms with Crippen molar-refractivity contribution in [3.63, 3.8) is 0 Å². The van der Waals surface area contributed by atoms with E-state index >= 15 is 0 Å². The highest BCUT2D eigenvalue weighted by atomic mass is 32.4. The van der Waals surface area contributed by atoms with Crippen molar-refractivity contribution in [3.05, 3.63) is 181 Å². The molecule has 2 aliphatic rings. The van der Waals surface area contributed by atoms with Gasteiger partial charge < -0.3 is 9.80 Å². The third kappa shape index (κ3) is 4.42. The molecule has 0 spiro atoms. The first-order valence-electron chi connectivity index (χ1n) is 16.0. The SMILES string of the molecule is S=P(c1ccccc1)(c1ccccc1)c1ccc(N2c3ccccc3N(c3ccccc3)c3cc4cccc5c4c(c32)CC=C5)cc1. The van der Waals surface area contributed by atoms with Gasteiger partial charge in [0.1, 0.15) is 0 Å². The maximum absolute atomic E-state index is 6.69. The van der Waals surface area contributed by atoms with Crippen molar-refractivity contribution in [1.29, 1.82) is 0 Å². The Bertz CT molecular complexity index is 2310. The van der Waals surface area contributed by atoms with Crippen molar-refractivity contribution in [1.82, 2.24) is 0 Å². The van der Waals surface area contributed by atoms with E-state index in [-0.39, 0.29) is 0 Å². The van der Waals surface area contributed by atoms with Gasteiger partial charge in [0.05, 0.1) is 22.7 Å². The summed E-state index contributed by atoms with van der Waals surface area (Å²) in [5.74, 6) is 0. The minimum absolute atomic E-state index is 0.874. The third-order valence-corrected chi connectivity index (χ3v) is 14.4. The van der Waals surface area contributed by atoms with E-state index in [9.17, 15) is 0 Å². The smallest absolute Gasteiger partial charge is 0.0745 e. The standard InChI is InChI=1S/C43H31N2PS/c47-46(35-19-6-2-7-20-35,36-21-8-3-9-22-36)37-28-26-34(27-29-37)45-40-25-11-10-24-39(40)44(33-17-4-1-5-18-33)41-30-32-16-12-14-31-15-13-23-38(42(31)32)43(41)45/h1-22,24-30H,23H2. The van der Waals surface area contributed by atoms with E-state index < -0.39 is 6.04 Å². The lowest BCUT2D eigenvalue weighted by Gasteiger charge is -2.42. The highest BCUT2D eigenvalue weighted by Gasteiger charge is 2.34. The molecule has 7 aromatic carbocycles. The van der Waals surface area contributed by atoms with Crippen LogP contribution in [0.2, 0.25) is 0 Å². The van der Waals surface area contributed by atoms with Crippen LogP contribution in [0.15, 0.2) is 170 Å². The lowest BCUT2D eigenvalue weighted by atomic mass is 9.88. The van der Waals surface area contributed by atoms with Gasteiger partial charge in [0.25, 0.3) is 0 Å². The average Bonchev–Trinajstić information content (AvgIpc) is 3.15. The third-order valence-electron chi connectivity index (χ3n) is 9.42. The van der Waals surface area contributed by atoms with Crippen LogP contribution >= 0.6 is 6.04 Å². The number of hydrogen-bond acceptors (Lipinski definition) is 3. The molecule has 0 saturated carbocycles. The van der Waals surface area contributed by atoms with Gasteiger partial charge in [-0.05, 0) is 86.7 Å². The zero-order valence-electron chi connectivity index (χ0n) is 25.7. The van der Waals surface area contributed by atoms with E-state index in [4.69, 9.17) is 11.8 Å². The van der Waals surface area contributed by atoms with Gasteiger partial charge in [-0.25, -0.2) is 0 Å². The second-order valence-corrected chi connectivity index (χ2v) is 16.5. The lowest BCUT2D eigenvalue weighted by molar-refractivity contribution is 1.14. The summed E-state index contributed by atoms with van der Waals surface area (Å²) in [5.41, 5.74) is 9.64. The fourth-order valence-corrected chi connectivity index (χ4v) is 11.1. The van der Waals surface area contributed by atoms with Crippen LogP contribution in [0.5, 0.6) is 0 Å². The van der Waals surface area contributed by atoms with Crippen molar-refractivity contribution in [2.45, 2.75) is 6.42 Å². The molecule has 47 heavy (non-hydrogen) atoms. The number of para-hydroxylation sites is 3. The molecule has 0 saturated heterocycles. The first-order valence-corrected chi connectivity index (χ1v) is 18.8. The number of rotatable bonds is 5. The molecule has 0 fully saturated rings. The highest BCUT2D eigenvalue weighted by molar-refractivity contribution is 8.25. The van der Waals surface area contributed by atoms with Crippen LogP contribution in [-0.2, 0) is 18.2 Å². The first-order chi connectivity index (χ1) is 23.2. The van der Waals surface area contributed by atoms with E-state index in [1.807, 2.05) is 0 Å². The summed E-state index contributed by atoms with van der Waals surface area (Å²) in [7, 11) is 0. The average molecular weight is 639 g/mol. The molecule has 7 aromatic rings. The predicted molar refractivity (Wildman–Crippen MR) is 206 cm³/mol. The topological polar surface area (TPSA) is 6.48 Å². The molecule has 1 aliphatic carbocycles. The van der Waals surface area contributed by atoms with Gasteiger partial charge in [0.2, 0.25) is 0 Å². The van der Waals surface area contributed by atoms with E-state index in [0.717, 1.165) is 29.2 Å². The summed E-state index contributed by atoms with van der Waals surface area (Å²) in [5, 5.41) is 6.21. The Kier molecular flexibility index (Phi) is 6.71. The Balaban J connectivity index is 1.28. The Hall–Kier alpha value is -5.21. The summed E-state index contributed by atoms with van der Waals surface area (Å²) in [6, 6.07) is 56.7. The first kappa shape index (κ1) is 28.0. The van der Waals surface area contributed by atoms with E-state index in [0.29, 0.717) is 0 Å². The zero-order valence-corrected chi connectivity index (χ0v) is 27.4. The Morgan fingerprint density at radius 3 is 1.70 bits per heavy atom. The highest BCUT2D eigenvalue weighted by Crippen LogP contribution is 2.57. The molecule has 0 radical (unpaired) electrons. The molecule has 224 valence electrons. The number of fused-ring (bicyclic) bond motifs is 3.